The molecule has 0 fully saturated rings. The molecule has 0 atom stereocenters. The van der Waals surface area contributed by atoms with E-state index in [1.165, 1.54) is 0 Å². The highest BCUT2D eigenvalue weighted by Gasteiger charge is 2.16. The molecule has 4 heteroatoms. The molecule has 4 aromatic carbocycles. The summed E-state index contributed by atoms with van der Waals surface area (Å²) in [6.45, 7) is 0. The first-order valence-corrected chi connectivity index (χ1v) is 9.78. The van der Waals surface area contributed by atoms with Crippen LogP contribution >= 0.6 is 0 Å². The van der Waals surface area contributed by atoms with Crippen molar-refractivity contribution < 1.29 is 0 Å². The molecule has 0 amide bonds. The third-order valence-electron chi connectivity index (χ3n) is 5.20. The van der Waals surface area contributed by atoms with Crippen molar-refractivity contribution in [1.82, 2.24) is 9.97 Å². The largest absolute Gasteiger partial charge is 0.399 e. The Morgan fingerprint density at radius 1 is 0.533 bits per heavy atom. The summed E-state index contributed by atoms with van der Waals surface area (Å²) in [6.07, 6.45) is 0. The first-order chi connectivity index (χ1) is 14.7. The smallest absolute Gasteiger partial charge is 0.150 e. The second-order valence-corrected chi connectivity index (χ2v) is 7.17. The summed E-state index contributed by atoms with van der Waals surface area (Å²) in [5, 5.41) is 0. The third kappa shape index (κ3) is 3.14. The monoisotopic (exact) mass is 388 g/mol. The highest BCUT2D eigenvalue weighted by atomic mass is 14.9. The molecule has 4 N–H and O–H groups in total. The molecule has 5 aromatic rings. The molecule has 0 bridgehead atoms. The Hall–Kier alpha value is -4.18. The van der Waals surface area contributed by atoms with Crippen LogP contribution in [-0.2, 0) is 0 Å². The van der Waals surface area contributed by atoms with Crippen molar-refractivity contribution in [1.29, 1.82) is 0 Å². The molecular formula is C26H20N4. The summed E-state index contributed by atoms with van der Waals surface area (Å²) in [4.78, 5) is 9.69. The van der Waals surface area contributed by atoms with E-state index in [2.05, 4.69) is 18.2 Å². The summed E-state index contributed by atoms with van der Waals surface area (Å²) in [5.41, 5.74) is 20.5. The lowest BCUT2D eigenvalue weighted by Gasteiger charge is -2.15. The fraction of sp³-hybridized carbons (Fsp3) is 0. The highest BCUT2D eigenvalue weighted by Crippen LogP contribution is 2.38. The van der Waals surface area contributed by atoms with Crippen LogP contribution in [0.2, 0.25) is 0 Å². The van der Waals surface area contributed by atoms with Gasteiger partial charge in [-0.1, -0.05) is 78.9 Å². The van der Waals surface area contributed by atoms with Gasteiger partial charge in [0.15, 0.2) is 5.82 Å². The summed E-state index contributed by atoms with van der Waals surface area (Å²) >= 11 is 0. The Kier molecular flexibility index (Phi) is 4.37. The first kappa shape index (κ1) is 17.9. The van der Waals surface area contributed by atoms with Crippen molar-refractivity contribution in [3.05, 3.63) is 97.1 Å². The SMILES string of the molecule is Nc1ccc(-c2c(-c3ccccc3)ccc3nc(-c4ccccc4)c(N)nc23)cc1. The number of anilines is 2. The van der Waals surface area contributed by atoms with E-state index in [1.807, 2.05) is 78.9 Å². The number of hydrogen-bond donors (Lipinski definition) is 2. The topological polar surface area (TPSA) is 77.8 Å². The maximum Gasteiger partial charge on any atom is 0.150 e. The Balaban J connectivity index is 1.82. The summed E-state index contributed by atoms with van der Waals surface area (Å²) in [7, 11) is 0. The van der Waals surface area contributed by atoms with E-state index >= 15 is 0 Å². The fourth-order valence-corrected chi connectivity index (χ4v) is 3.74. The Bertz CT molecular complexity index is 1330. The van der Waals surface area contributed by atoms with Crippen molar-refractivity contribution in [2.45, 2.75) is 0 Å². The van der Waals surface area contributed by atoms with Crippen molar-refractivity contribution in [2.75, 3.05) is 11.5 Å². The number of benzene rings is 4. The van der Waals surface area contributed by atoms with E-state index in [0.717, 1.165) is 44.5 Å². The van der Waals surface area contributed by atoms with Gasteiger partial charge in [-0.15, -0.1) is 0 Å². The minimum atomic E-state index is 0.413. The zero-order valence-corrected chi connectivity index (χ0v) is 16.3. The third-order valence-corrected chi connectivity index (χ3v) is 5.20. The molecular weight excluding hydrogens is 368 g/mol. The van der Waals surface area contributed by atoms with Gasteiger partial charge in [0.25, 0.3) is 0 Å². The molecule has 0 spiro atoms. The Morgan fingerprint density at radius 2 is 1.17 bits per heavy atom. The second kappa shape index (κ2) is 7.33. The van der Waals surface area contributed by atoms with Crippen molar-refractivity contribution >= 4 is 22.5 Å². The molecule has 0 unspecified atom stereocenters. The van der Waals surface area contributed by atoms with Crippen molar-refractivity contribution in [3.63, 3.8) is 0 Å². The van der Waals surface area contributed by atoms with Gasteiger partial charge in [-0.3, -0.25) is 0 Å². The van der Waals surface area contributed by atoms with Crippen LogP contribution in [0.4, 0.5) is 11.5 Å². The van der Waals surface area contributed by atoms with Crippen LogP contribution in [0.15, 0.2) is 97.1 Å². The molecule has 0 saturated carbocycles. The Labute approximate surface area is 174 Å². The molecule has 1 heterocycles. The van der Waals surface area contributed by atoms with E-state index in [-0.39, 0.29) is 0 Å². The van der Waals surface area contributed by atoms with Gasteiger partial charge in [0.1, 0.15) is 5.69 Å². The summed E-state index contributed by atoms with van der Waals surface area (Å²) in [6, 6.07) is 32.1. The van der Waals surface area contributed by atoms with Crippen LogP contribution in [0.5, 0.6) is 0 Å². The van der Waals surface area contributed by atoms with E-state index < -0.39 is 0 Å². The summed E-state index contributed by atoms with van der Waals surface area (Å²) in [5.74, 6) is 0.413. The van der Waals surface area contributed by atoms with E-state index in [4.69, 9.17) is 21.4 Å². The van der Waals surface area contributed by atoms with Crippen LogP contribution in [0.25, 0.3) is 44.5 Å². The lowest BCUT2D eigenvalue weighted by Crippen LogP contribution is -2.00. The average Bonchev–Trinajstić information content (AvgIpc) is 2.80. The number of rotatable bonds is 3. The first-order valence-electron chi connectivity index (χ1n) is 9.78. The predicted octanol–water partition coefficient (Wildman–Crippen LogP) is 5.80. The minimum absolute atomic E-state index is 0.413. The maximum absolute atomic E-state index is 6.38. The molecule has 0 aliphatic carbocycles. The zero-order valence-electron chi connectivity index (χ0n) is 16.3. The van der Waals surface area contributed by atoms with Gasteiger partial charge in [0.05, 0.1) is 11.0 Å². The van der Waals surface area contributed by atoms with Crippen molar-refractivity contribution in [3.8, 4) is 33.5 Å². The minimum Gasteiger partial charge on any atom is -0.399 e. The standard InChI is InChI=1S/C26H20N4/c27-20-13-11-18(12-14-20)23-21(17-7-3-1-4-8-17)15-16-22-25(23)30-26(28)24(29-22)19-9-5-2-6-10-19/h1-16H,27H2,(H2,28,30). The molecule has 0 aliphatic heterocycles. The number of fused-ring (bicyclic) bond motifs is 1. The molecule has 0 saturated heterocycles. The normalized spacial score (nSPS) is 10.9. The fourth-order valence-electron chi connectivity index (χ4n) is 3.74. The van der Waals surface area contributed by atoms with Crippen LogP contribution in [0, 0.1) is 0 Å². The Morgan fingerprint density at radius 3 is 1.83 bits per heavy atom. The molecule has 5 rings (SSSR count). The average molecular weight is 388 g/mol. The maximum atomic E-state index is 6.38. The van der Waals surface area contributed by atoms with Gasteiger partial charge < -0.3 is 11.5 Å². The van der Waals surface area contributed by atoms with Crippen LogP contribution in [0.3, 0.4) is 0 Å². The lowest BCUT2D eigenvalue weighted by atomic mass is 9.93. The van der Waals surface area contributed by atoms with Gasteiger partial charge in [-0.05, 0) is 34.9 Å². The predicted molar refractivity (Wildman–Crippen MR) is 125 cm³/mol. The highest BCUT2D eigenvalue weighted by molar-refractivity contribution is 6.02. The second-order valence-electron chi connectivity index (χ2n) is 7.17. The zero-order chi connectivity index (χ0) is 20.5. The van der Waals surface area contributed by atoms with Gasteiger partial charge >= 0.3 is 0 Å². The van der Waals surface area contributed by atoms with Crippen LogP contribution in [0.1, 0.15) is 0 Å². The van der Waals surface area contributed by atoms with Crippen LogP contribution < -0.4 is 11.5 Å². The van der Waals surface area contributed by atoms with Gasteiger partial charge in [-0.25, -0.2) is 9.97 Å². The number of nitrogens with two attached hydrogens (primary N) is 2. The number of hydrogen-bond acceptors (Lipinski definition) is 4. The summed E-state index contributed by atoms with van der Waals surface area (Å²) < 4.78 is 0. The number of nitrogens with zero attached hydrogens (tertiary/aromatic N) is 2. The number of nitrogen functional groups attached to an aromatic ring is 2. The molecule has 0 aliphatic rings. The van der Waals surface area contributed by atoms with Crippen LogP contribution in [-0.4, -0.2) is 9.97 Å². The molecule has 144 valence electrons. The molecule has 4 nitrogen and oxygen atoms in total. The van der Waals surface area contributed by atoms with Gasteiger partial charge in [0.2, 0.25) is 0 Å². The van der Waals surface area contributed by atoms with Gasteiger partial charge in [0, 0.05) is 16.8 Å². The molecule has 1 aromatic heterocycles. The number of aromatic nitrogens is 2. The van der Waals surface area contributed by atoms with E-state index in [9.17, 15) is 0 Å². The quantitative estimate of drug-likeness (QED) is 0.383. The van der Waals surface area contributed by atoms with Crippen molar-refractivity contribution in [2.24, 2.45) is 0 Å². The molecule has 0 radical (unpaired) electrons. The van der Waals surface area contributed by atoms with E-state index in [1.54, 1.807) is 0 Å². The lowest BCUT2D eigenvalue weighted by molar-refractivity contribution is 1.30. The van der Waals surface area contributed by atoms with Gasteiger partial charge in [-0.2, -0.15) is 0 Å². The van der Waals surface area contributed by atoms with E-state index in [0.29, 0.717) is 11.5 Å². The molecule has 30 heavy (non-hydrogen) atoms.